The van der Waals surface area contributed by atoms with Crippen molar-refractivity contribution in [1.82, 2.24) is 5.32 Å². The minimum atomic E-state index is -1.18. The van der Waals surface area contributed by atoms with E-state index in [9.17, 15) is 14.7 Å². The van der Waals surface area contributed by atoms with Gasteiger partial charge in [-0.1, -0.05) is 24.3 Å². The molecule has 0 bridgehead atoms. The molecule has 204 valence electrons. The van der Waals surface area contributed by atoms with Crippen molar-refractivity contribution in [3.8, 4) is 17.2 Å². The van der Waals surface area contributed by atoms with Crippen molar-refractivity contribution in [2.75, 3.05) is 27.9 Å². The van der Waals surface area contributed by atoms with E-state index in [-0.39, 0.29) is 12.5 Å². The average molecular weight is 530 g/mol. The molecule has 2 N–H and O–H groups in total. The molecule has 2 saturated heterocycles. The number of para-hydroxylation sites is 1. The van der Waals surface area contributed by atoms with Crippen molar-refractivity contribution in [2.45, 2.75) is 43.9 Å². The molecule has 0 spiro atoms. The molecule has 2 fully saturated rings. The van der Waals surface area contributed by atoms with Gasteiger partial charge in [-0.25, -0.2) is 4.79 Å². The van der Waals surface area contributed by atoms with E-state index in [0.29, 0.717) is 28.4 Å². The van der Waals surface area contributed by atoms with Gasteiger partial charge in [-0.15, -0.1) is 0 Å². The number of aliphatic hydroxyl groups is 1. The maximum absolute atomic E-state index is 12.0. The van der Waals surface area contributed by atoms with E-state index in [1.54, 1.807) is 37.5 Å². The summed E-state index contributed by atoms with van der Waals surface area (Å²) in [4.78, 5) is 23.4. The Morgan fingerprint density at radius 3 is 2.50 bits per heavy atom. The molecule has 2 aromatic carbocycles. The van der Waals surface area contributed by atoms with E-state index in [2.05, 4.69) is 10.1 Å². The van der Waals surface area contributed by atoms with Crippen LogP contribution in [-0.4, -0.2) is 75.6 Å². The molecule has 0 radical (unpaired) electrons. The number of aliphatic hydroxyl groups excluding tert-OH is 1. The van der Waals surface area contributed by atoms with Crippen molar-refractivity contribution < 1.29 is 47.9 Å². The third-order valence-electron chi connectivity index (χ3n) is 6.17. The zero-order valence-electron chi connectivity index (χ0n) is 21.5. The fourth-order valence-corrected chi connectivity index (χ4v) is 4.34. The maximum atomic E-state index is 12.0. The predicted octanol–water partition coefficient (Wildman–Crippen LogP) is 1.97. The minimum Gasteiger partial charge on any atom is -0.496 e. The fraction of sp³-hybridized carbons (Fsp3) is 0.407. The van der Waals surface area contributed by atoms with E-state index >= 15 is 0 Å². The molecular formula is C27H31NO10. The van der Waals surface area contributed by atoms with Gasteiger partial charge in [0.05, 0.1) is 27.9 Å². The van der Waals surface area contributed by atoms with Gasteiger partial charge in [-0.05, 0) is 29.8 Å². The van der Waals surface area contributed by atoms with Gasteiger partial charge in [-0.2, -0.15) is 0 Å². The number of rotatable bonds is 8. The predicted molar refractivity (Wildman–Crippen MR) is 134 cm³/mol. The molecule has 2 aliphatic rings. The van der Waals surface area contributed by atoms with Crippen LogP contribution in [0.5, 0.6) is 17.2 Å². The Morgan fingerprint density at radius 2 is 1.79 bits per heavy atom. The van der Waals surface area contributed by atoms with Crippen LogP contribution < -0.4 is 19.5 Å². The standard InChI is InChI=1S/C27H31NO10/c1-15(29)28-23-24(31)25-21(14-35-26(38-25)17-7-5-6-8-18(17)32-2)37-27(23)36-19-11-9-16(13-20(19)33-3)10-12-22(30)34-4/h5-13,21,23-27,31H,14H2,1-4H3,(H,28,29). The van der Waals surface area contributed by atoms with Crippen LogP contribution in [0.1, 0.15) is 24.3 Å². The number of carbonyl (C=O) groups is 2. The number of ether oxygens (including phenoxy) is 7. The highest BCUT2D eigenvalue weighted by atomic mass is 16.7. The SMILES string of the molecule is COC(=O)C=Cc1ccc(OC2OC3COC(c4ccccc4OC)OC3C(O)C2NC(C)=O)c(OC)c1. The third kappa shape index (κ3) is 6.08. The fourth-order valence-electron chi connectivity index (χ4n) is 4.34. The van der Waals surface area contributed by atoms with Crippen LogP contribution in [-0.2, 0) is 28.5 Å². The largest absolute Gasteiger partial charge is 0.496 e. The Kier molecular flexibility index (Phi) is 8.85. The number of benzene rings is 2. The quantitative estimate of drug-likeness (QED) is 0.387. The molecular weight excluding hydrogens is 498 g/mol. The Balaban J connectivity index is 1.54. The minimum absolute atomic E-state index is 0.103. The van der Waals surface area contributed by atoms with Gasteiger partial charge in [0.25, 0.3) is 0 Å². The Hall–Kier alpha value is -3.64. The number of hydrogen-bond donors (Lipinski definition) is 2. The summed E-state index contributed by atoms with van der Waals surface area (Å²) in [6.07, 6.45) is -1.72. The normalized spacial score (nSPS) is 26.8. The van der Waals surface area contributed by atoms with Crippen LogP contribution in [0.2, 0.25) is 0 Å². The highest BCUT2D eigenvalue weighted by Crippen LogP contribution is 2.38. The molecule has 2 aliphatic heterocycles. The third-order valence-corrected chi connectivity index (χ3v) is 6.17. The lowest BCUT2D eigenvalue weighted by Crippen LogP contribution is -2.67. The second kappa shape index (κ2) is 12.3. The van der Waals surface area contributed by atoms with E-state index in [4.69, 9.17) is 28.4 Å². The molecule has 0 saturated carbocycles. The second-order valence-corrected chi connectivity index (χ2v) is 8.65. The summed E-state index contributed by atoms with van der Waals surface area (Å²) in [6.45, 7) is 1.44. The van der Waals surface area contributed by atoms with Crippen LogP contribution in [0.15, 0.2) is 48.5 Å². The molecule has 1 amide bonds. The first-order valence-corrected chi connectivity index (χ1v) is 12.0. The Bertz CT molecular complexity index is 1170. The first kappa shape index (κ1) is 27.4. The number of fused-ring (bicyclic) bond motifs is 1. The summed E-state index contributed by atoms with van der Waals surface area (Å²) in [5, 5.41) is 14.0. The highest BCUT2D eigenvalue weighted by molar-refractivity contribution is 5.87. The van der Waals surface area contributed by atoms with Crippen molar-refractivity contribution in [3.05, 3.63) is 59.7 Å². The zero-order valence-corrected chi connectivity index (χ0v) is 21.5. The first-order valence-electron chi connectivity index (χ1n) is 12.0. The van der Waals surface area contributed by atoms with Crippen molar-refractivity contribution in [3.63, 3.8) is 0 Å². The highest BCUT2D eigenvalue weighted by Gasteiger charge is 2.51. The number of hydrogen-bond acceptors (Lipinski definition) is 10. The van der Waals surface area contributed by atoms with Gasteiger partial charge in [0, 0.05) is 18.6 Å². The second-order valence-electron chi connectivity index (χ2n) is 8.65. The summed E-state index contributed by atoms with van der Waals surface area (Å²) in [5.41, 5.74) is 1.33. The van der Waals surface area contributed by atoms with Crippen LogP contribution in [0.4, 0.5) is 0 Å². The monoisotopic (exact) mass is 529 g/mol. The molecule has 6 atom stereocenters. The number of amides is 1. The molecule has 0 aromatic heterocycles. The summed E-state index contributed by atoms with van der Waals surface area (Å²) < 4.78 is 39.7. The molecule has 38 heavy (non-hydrogen) atoms. The van der Waals surface area contributed by atoms with Crippen LogP contribution in [0.3, 0.4) is 0 Å². The number of nitrogens with one attached hydrogen (secondary N) is 1. The molecule has 4 rings (SSSR count). The van der Waals surface area contributed by atoms with Gasteiger partial charge in [0.15, 0.2) is 17.8 Å². The topological polar surface area (TPSA) is 131 Å². The van der Waals surface area contributed by atoms with Gasteiger partial charge in [0.1, 0.15) is 30.1 Å². The lowest BCUT2D eigenvalue weighted by molar-refractivity contribution is -0.334. The smallest absolute Gasteiger partial charge is 0.330 e. The lowest BCUT2D eigenvalue weighted by Gasteiger charge is -2.47. The van der Waals surface area contributed by atoms with Gasteiger partial charge < -0.3 is 43.6 Å². The average Bonchev–Trinajstić information content (AvgIpc) is 2.93. The van der Waals surface area contributed by atoms with Crippen LogP contribution in [0.25, 0.3) is 6.08 Å². The van der Waals surface area contributed by atoms with Crippen LogP contribution in [0, 0.1) is 0 Å². The van der Waals surface area contributed by atoms with E-state index in [1.807, 2.05) is 18.2 Å². The molecule has 0 aliphatic carbocycles. The molecule has 6 unspecified atom stereocenters. The number of carbonyl (C=O) groups excluding carboxylic acids is 2. The van der Waals surface area contributed by atoms with Crippen molar-refractivity contribution >= 4 is 18.0 Å². The molecule has 2 aromatic rings. The maximum Gasteiger partial charge on any atom is 0.330 e. The summed E-state index contributed by atoms with van der Waals surface area (Å²) in [6, 6.07) is 11.3. The molecule has 11 heteroatoms. The molecule has 11 nitrogen and oxygen atoms in total. The Labute approximate surface area is 220 Å². The first-order chi connectivity index (χ1) is 18.3. The number of methoxy groups -OCH3 is 3. The summed E-state index contributed by atoms with van der Waals surface area (Å²) in [5.74, 6) is 0.364. The van der Waals surface area contributed by atoms with E-state index < -0.39 is 42.9 Å². The van der Waals surface area contributed by atoms with E-state index in [0.717, 1.165) is 0 Å². The number of esters is 1. The summed E-state index contributed by atoms with van der Waals surface area (Å²) in [7, 11) is 4.31. The van der Waals surface area contributed by atoms with Crippen molar-refractivity contribution in [2.24, 2.45) is 0 Å². The van der Waals surface area contributed by atoms with E-state index in [1.165, 1.54) is 27.2 Å². The molecule has 2 heterocycles. The van der Waals surface area contributed by atoms with Gasteiger partial charge >= 0.3 is 5.97 Å². The zero-order chi connectivity index (χ0) is 27.2. The Morgan fingerprint density at radius 1 is 1.03 bits per heavy atom. The van der Waals surface area contributed by atoms with Gasteiger partial charge in [-0.3, -0.25) is 4.79 Å². The van der Waals surface area contributed by atoms with Crippen LogP contribution >= 0.6 is 0 Å². The lowest BCUT2D eigenvalue weighted by atomic mass is 9.95. The van der Waals surface area contributed by atoms with Crippen molar-refractivity contribution in [1.29, 1.82) is 0 Å². The summed E-state index contributed by atoms with van der Waals surface area (Å²) >= 11 is 0. The van der Waals surface area contributed by atoms with Gasteiger partial charge in [0.2, 0.25) is 12.2 Å².